The molecule has 12 heteroatoms. The molecule has 1 atom stereocenters. The predicted molar refractivity (Wildman–Crippen MR) is 37.3 cm³/mol. The van der Waals surface area contributed by atoms with Crippen LogP contribution in [0.3, 0.4) is 0 Å². The Morgan fingerprint density at radius 3 is 1.75 bits per heavy atom. The van der Waals surface area contributed by atoms with Crippen molar-refractivity contribution in [2.45, 2.75) is 16.4 Å². The van der Waals surface area contributed by atoms with Crippen LogP contribution in [-0.2, 0) is 20.6 Å². The van der Waals surface area contributed by atoms with E-state index in [2.05, 4.69) is 0 Å². The first-order chi connectivity index (χ1) is 6.82. The lowest BCUT2D eigenvalue weighted by molar-refractivity contribution is -0.242. The van der Waals surface area contributed by atoms with Gasteiger partial charge in [-0.15, -0.1) is 0 Å². The largest absolute Gasteiger partial charge is 0.422 e. The molecule has 1 heterocycles. The van der Waals surface area contributed by atoms with Crippen molar-refractivity contribution in [1.29, 1.82) is 0 Å². The monoisotopic (exact) mass is 290 g/mol. The molecule has 0 radical (unpaired) electrons. The van der Waals surface area contributed by atoms with E-state index in [1.807, 2.05) is 0 Å². The van der Waals surface area contributed by atoms with Crippen LogP contribution in [0, 0.1) is 0 Å². The Hall–Kier alpha value is -0.650. The van der Waals surface area contributed by atoms with Gasteiger partial charge in [0.05, 0.1) is 0 Å². The molecule has 0 spiro atoms. The van der Waals surface area contributed by atoms with Crippen LogP contribution in [0.25, 0.3) is 0 Å². The van der Waals surface area contributed by atoms with E-state index in [0.717, 1.165) is 0 Å². The second-order valence-corrected chi connectivity index (χ2v) is 6.20. The Morgan fingerprint density at radius 1 is 1.00 bits per heavy atom. The number of carbonyl (C=O) groups excluding carboxylic acids is 1. The predicted octanol–water partition coefficient (Wildman–Crippen LogP) is 1.10. The lowest BCUT2D eigenvalue weighted by atomic mass is 10.3. The molecule has 94 valence electrons. The van der Waals surface area contributed by atoms with Crippen molar-refractivity contribution < 1.29 is 43.8 Å². The Labute approximate surface area is 86.0 Å². The molecule has 0 N–H and O–H groups in total. The van der Waals surface area contributed by atoms with E-state index < -0.39 is 41.5 Å². The van der Waals surface area contributed by atoms with Gasteiger partial charge < -0.3 is 0 Å². The molecule has 4 nitrogen and oxygen atoms in total. The normalized spacial score (nSPS) is 34.6. The van der Waals surface area contributed by atoms with Crippen LogP contribution < -0.4 is 0 Å². The molecule has 0 aromatic heterocycles. The number of hydrogen-bond donors (Lipinski definition) is 0. The third kappa shape index (κ3) is 1.14. The average molecular weight is 290 g/mol. The zero-order valence-corrected chi connectivity index (χ0v) is 8.35. The van der Waals surface area contributed by atoms with E-state index in [9.17, 15) is 43.8 Å². The Balaban J connectivity index is 3.68. The van der Waals surface area contributed by atoms with Gasteiger partial charge in [-0.3, -0.25) is 4.79 Å². The van der Waals surface area contributed by atoms with Crippen LogP contribution in [0.2, 0.25) is 0 Å². The smallest absolute Gasteiger partial charge is 0.266 e. The zero-order valence-electron chi connectivity index (χ0n) is 6.72. The fourth-order valence-electron chi connectivity index (χ4n) is 0.764. The molecule has 0 amide bonds. The van der Waals surface area contributed by atoms with Crippen LogP contribution in [0.1, 0.15) is 0 Å². The van der Waals surface area contributed by atoms with Gasteiger partial charge in [0.1, 0.15) is 0 Å². The third-order valence-corrected chi connectivity index (χ3v) is 5.18. The van der Waals surface area contributed by atoms with Gasteiger partial charge in [0.2, 0.25) is 0 Å². The first-order valence-corrected chi connectivity index (χ1v) is 5.79. The number of halogens is 6. The first-order valence-electron chi connectivity index (χ1n) is 3.15. The highest BCUT2D eigenvalue weighted by molar-refractivity contribution is 8.29. The molecular formula is C4F6O4S2. The highest BCUT2D eigenvalue weighted by Crippen LogP contribution is 2.54. The standard InChI is InChI=1S/C4F6O4S2/c5-2(6)3(7,8)15(12)1(11)16(13,14)4(2,9)10/t15-/m0/s1. The zero-order chi connectivity index (χ0) is 13.2. The number of rotatable bonds is 0. The van der Waals surface area contributed by atoms with Crippen LogP contribution >= 0.6 is 0 Å². The van der Waals surface area contributed by atoms with Crippen molar-refractivity contribution in [3.8, 4) is 0 Å². The van der Waals surface area contributed by atoms with Crippen LogP contribution in [-0.4, -0.2) is 33.5 Å². The summed E-state index contributed by atoms with van der Waals surface area (Å²) < 4.78 is 103. The van der Waals surface area contributed by atoms with Gasteiger partial charge in [-0.05, 0) is 0 Å². The quantitative estimate of drug-likeness (QED) is 0.627. The maximum absolute atomic E-state index is 12.5. The molecule has 1 saturated heterocycles. The van der Waals surface area contributed by atoms with Gasteiger partial charge >= 0.3 is 20.9 Å². The van der Waals surface area contributed by atoms with Gasteiger partial charge in [0.25, 0.3) is 9.84 Å². The molecule has 16 heavy (non-hydrogen) atoms. The molecule has 0 aromatic carbocycles. The highest BCUT2D eigenvalue weighted by Gasteiger charge is 2.86. The lowest BCUT2D eigenvalue weighted by Gasteiger charge is -2.34. The van der Waals surface area contributed by atoms with Gasteiger partial charge in [-0.1, -0.05) is 0 Å². The minimum atomic E-state index is -6.57. The van der Waals surface area contributed by atoms with E-state index in [1.165, 1.54) is 0 Å². The van der Waals surface area contributed by atoms with Gasteiger partial charge in [-0.25, -0.2) is 12.6 Å². The molecule has 0 unspecified atom stereocenters. The van der Waals surface area contributed by atoms with E-state index >= 15 is 0 Å². The van der Waals surface area contributed by atoms with Gasteiger partial charge in [0.15, 0.2) is 10.8 Å². The summed E-state index contributed by atoms with van der Waals surface area (Å²) in [5, 5.41) is -12.2. The summed E-state index contributed by atoms with van der Waals surface area (Å²) in [7, 11) is -11.1. The molecule has 0 saturated carbocycles. The summed E-state index contributed by atoms with van der Waals surface area (Å²) in [4.78, 5) is 10.4. The summed E-state index contributed by atoms with van der Waals surface area (Å²) in [6.07, 6.45) is 0. The van der Waals surface area contributed by atoms with Crippen molar-refractivity contribution in [1.82, 2.24) is 0 Å². The minimum Gasteiger partial charge on any atom is -0.266 e. The molecule has 0 bridgehead atoms. The number of carbonyl (C=O) groups is 1. The van der Waals surface area contributed by atoms with Crippen molar-refractivity contribution in [2.24, 2.45) is 0 Å². The fourth-order valence-corrected chi connectivity index (χ4v) is 3.50. The van der Waals surface area contributed by atoms with Gasteiger partial charge in [-0.2, -0.15) is 26.3 Å². The van der Waals surface area contributed by atoms with Crippen LogP contribution in [0.4, 0.5) is 31.1 Å². The van der Waals surface area contributed by atoms with Crippen LogP contribution in [0.15, 0.2) is 0 Å². The van der Waals surface area contributed by atoms with Crippen molar-refractivity contribution >= 4 is 25.1 Å². The lowest BCUT2D eigenvalue weighted by Crippen LogP contribution is -2.66. The van der Waals surface area contributed by atoms with E-state index in [4.69, 9.17) is 0 Å². The first kappa shape index (κ1) is 13.4. The van der Waals surface area contributed by atoms with E-state index in [1.54, 1.807) is 0 Å². The summed E-state index contributed by atoms with van der Waals surface area (Å²) >= 11 is 0. The average Bonchev–Trinajstić information content (AvgIpc) is 2.12. The fraction of sp³-hybridized carbons (Fsp3) is 0.750. The molecule has 0 aromatic rings. The second-order valence-electron chi connectivity index (χ2n) is 2.63. The molecule has 1 rings (SSSR count). The topological polar surface area (TPSA) is 68.3 Å². The number of sulfone groups is 1. The Bertz CT molecular complexity index is 479. The molecule has 0 aliphatic carbocycles. The second kappa shape index (κ2) is 2.97. The summed E-state index contributed by atoms with van der Waals surface area (Å²) in [6, 6.07) is 0. The minimum absolute atomic E-state index is 3.12. The van der Waals surface area contributed by atoms with Crippen molar-refractivity contribution in [3.63, 3.8) is 0 Å². The SMILES string of the molecule is O=C1[S@](=O)C(F)(F)C(F)(F)C(F)(F)S1(=O)=O. The van der Waals surface area contributed by atoms with E-state index in [-0.39, 0.29) is 0 Å². The van der Waals surface area contributed by atoms with Crippen molar-refractivity contribution in [2.75, 3.05) is 0 Å². The van der Waals surface area contributed by atoms with Crippen molar-refractivity contribution in [3.05, 3.63) is 0 Å². The molecular weight excluding hydrogens is 290 g/mol. The Kier molecular flexibility index (Phi) is 2.49. The Morgan fingerprint density at radius 2 is 1.38 bits per heavy atom. The molecule has 1 fully saturated rings. The maximum Gasteiger partial charge on any atom is 0.422 e. The van der Waals surface area contributed by atoms with E-state index in [0.29, 0.717) is 0 Å². The van der Waals surface area contributed by atoms with Crippen LogP contribution in [0.5, 0.6) is 0 Å². The third-order valence-electron chi connectivity index (χ3n) is 1.67. The number of alkyl halides is 6. The number of hydrogen-bond acceptors (Lipinski definition) is 4. The summed E-state index contributed by atoms with van der Waals surface area (Å²) in [6.45, 7) is 0. The highest BCUT2D eigenvalue weighted by atomic mass is 32.3. The summed E-state index contributed by atoms with van der Waals surface area (Å²) in [5.41, 5.74) is 0. The van der Waals surface area contributed by atoms with Gasteiger partial charge in [0, 0.05) is 0 Å². The summed E-state index contributed by atoms with van der Waals surface area (Å²) in [5.74, 6) is -6.42. The maximum atomic E-state index is 12.5. The molecule has 1 aliphatic rings. The molecule has 1 aliphatic heterocycles.